The zero-order valence-electron chi connectivity index (χ0n) is 12.2. The second-order valence-corrected chi connectivity index (χ2v) is 8.22. The Hall–Kier alpha value is -1.51. The van der Waals surface area contributed by atoms with Crippen molar-refractivity contribution in [3.8, 4) is 10.6 Å². The third-order valence-corrected chi connectivity index (χ3v) is 5.48. The predicted molar refractivity (Wildman–Crippen MR) is 85.9 cm³/mol. The van der Waals surface area contributed by atoms with Crippen molar-refractivity contribution in [2.24, 2.45) is 0 Å². The maximum Gasteiger partial charge on any atom is 0.206 e. The van der Waals surface area contributed by atoms with Crippen LogP contribution in [0.25, 0.3) is 10.6 Å². The molecule has 0 bridgehead atoms. The van der Waals surface area contributed by atoms with Crippen LogP contribution in [0.15, 0.2) is 29.2 Å². The molecule has 1 aliphatic rings. The maximum absolute atomic E-state index is 11.6. The highest BCUT2D eigenvalue weighted by Crippen LogP contribution is 2.28. The van der Waals surface area contributed by atoms with Crippen LogP contribution in [0.2, 0.25) is 0 Å². The molecule has 1 aromatic heterocycles. The fourth-order valence-corrected chi connectivity index (χ4v) is 3.69. The van der Waals surface area contributed by atoms with Gasteiger partial charge in [-0.15, -0.1) is 10.2 Å². The van der Waals surface area contributed by atoms with Gasteiger partial charge in [-0.25, -0.2) is 8.42 Å². The molecule has 0 spiro atoms. The molecule has 0 radical (unpaired) electrons. The van der Waals surface area contributed by atoms with Gasteiger partial charge in [-0.05, 0) is 25.0 Å². The smallest absolute Gasteiger partial charge is 0.206 e. The quantitative estimate of drug-likeness (QED) is 0.899. The zero-order chi connectivity index (χ0) is 15.6. The summed E-state index contributed by atoms with van der Waals surface area (Å²) >= 11 is 1.40. The van der Waals surface area contributed by atoms with E-state index in [1.54, 1.807) is 18.2 Å². The molecular weight excluding hydrogens is 322 g/mol. The Morgan fingerprint density at radius 2 is 2.27 bits per heavy atom. The van der Waals surface area contributed by atoms with E-state index in [-0.39, 0.29) is 11.0 Å². The lowest BCUT2D eigenvalue weighted by Gasteiger charge is -2.08. The SMILES string of the molecule is CS(=O)(=O)c1cccc(-c2nnc(NC[C@@H]3CCCO3)s2)c1. The number of sulfone groups is 1. The van der Waals surface area contributed by atoms with Gasteiger partial charge >= 0.3 is 0 Å². The Bertz CT molecular complexity index is 752. The molecule has 1 saturated heterocycles. The molecular formula is C14H17N3O3S2. The van der Waals surface area contributed by atoms with Gasteiger partial charge in [-0.3, -0.25) is 0 Å². The summed E-state index contributed by atoms with van der Waals surface area (Å²) in [6, 6.07) is 6.75. The second kappa shape index (κ2) is 6.31. The Labute approximate surface area is 133 Å². The van der Waals surface area contributed by atoms with E-state index in [4.69, 9.17) is 4.74 Å². The van der Waals surface area contributed by atoms with Crippen molar-refractivity contribution >= 4 is 26.3 Å². The van der Waals surface area contributed by atoms with Crippen LogP contribution in [0.5, 0.6) is 0 Å². The molecule has 8 heteroatoms. The molecule has 1 atom stereocenters. The lowest BCUT2D eigenvalue weighted by molar-refractivity contribution is 0.120. The van der Waals surface area contributed by atoms with Crippen molar-refractivity contribution in [1.82, 2.24) is 10.2 Å². The van der Waals surface area contributed by atoms with Gasteiger partial charge in [-0.2, -0.15) is 0 Å². The Morgan fingerprint density at radius 3 is 3.00 bits per heavy atom. The number of anilines is 1. The number of benzene rings is 1. The van der Waals surface area contributed by atoms with Crippen LogP contribution < -0.4 is 5.32 Å². The van der Waals surface area contributed by atoms with E-state index in [1.807, 2.05) is 6.07 Å². The summed E-state index contributed by atoms with van der Waals surface area (Å²) in [4.78, 5) is 0.286. The third kappa shape index (κ3) is 3.63. The lowest BCUT2D eigenvalue weighted by atomic mass is 10.2. The average molecular weight is 339 g/mol. The molecule has 0 aliphatic carbocycles. The van der Waals surface area contributed by atoms with Crippen LogP contribution in [-0.4, -0.2) is 44.1 Å². The highest BCUT2D eigenvalue weighted by atomic mass is 32.2. The van der Waals surface area contributed by atoms with Crippen molar-refractivity contribution in [2.75, 3.05) is 24.7 Å². The molecule has 2 heterocycles. The van der Waals surface area contributed by atoms with Crippen molar-refractivity contribution in [3.05, 3.63) is 24.3 Å². The molecule has 1 fully saturated rings. The van der Waals surface area contributed by atoms with Gasteiger partial charge in [0.1, 0.15) is 5.01 Å². The van der Waals surface area contributed by atoms with Gasteiger partial charge in [0, 0.05) is 25.0 Å². The average Bonchev–Trinajstić information content (AvgIpc) is 3.16. The van der Waals surface area contributed by atoms with Crippen LogP contribution in [0.1, 0.15) is 12.8 Å². The molecule has 118 valence electrons. The minimum absolute atomic E-state index is 0.237. The molecule has 22 heavy (non-hydrogen) atoms. The Kier molecular flexibility index (Phi) is 4.42. The number of aromatic nitrogens is 2. The van der Waals surface area contributed by atoms with E-state index in [2.05, 4.69) is 15.5 Å². The molecule has 0 amide bonds. The summed E-state index contributed by atoms with van der Waals surface area (Å²) in [6.07, 6.45) is 3.60. The summed E-state index contributed by atoms with van der Waals surface area (Å²) in [5.41, 5.74) is 0.755. The number of nitrogens with zero attached hydrogens (tertiary/aromatic N) is 2. The number of rotatable bonds is 5. The standard InChI is InChI=1S/C14H17N3O3S2/c1-22(18,19)12-6-2-4-10(8-12)13-16-17-14(21-13)15-9-11-5-3-7-20-11/h2,4,6,8,11H,3,5,7,9H2,1H3,(H,15,17)/t11-/m0/s1. The van der Waals surface area contributed by atoms with E-state index in [9.17, 15) is 8.42 Å². The molecule has 0 unspecified atom stereocenters. The summed E-state index contributed by atoms with van der Waals surface area (Å²) in [7, 11) is -3.22. The van der Waals surface area contributed by atoms with Crippen LogP contribution in [0.4, 0.5) is 5.13 Å². The maximum atomic E-state index is 11.6. The van der Waals surface area contributed by atoms with Crippen LogP contribution in [0.3, 0.4) is 0 Å². The van der Waals surface area contributed by atoms with E-state index >= 15 is 0 Å². The Balaban J connectivity index is 1.73. The predicted octanol–water partition coefficient (Wildman–Crippen LogP) is 2.20. The fraction of sp³-hybridized carbons (Fsp3) is 0.429. The van der Waals surface area contributed by atoms with Crippen molar-refractivity contribution in [3.63, 3.8) is 0 Å². The van der Waals surface area contributed by atoms with Crippen LogP contribution >= 0.6 is 11.3 Å². The molecule has 2 aromatic rings. The number of hydrogen-bond acceptors (Lipinski definition) is 7. The van der Waals surface area contributed by atoms with Gasteiger partial charge in [0.2, 0.25) is 5.13 Å². The number of ether oxygens (including phenoxy) is 1. The van der Waals surface area contributed by atoms with Gasteiger partial charge in [0.05, 0.1) is 11.0 Å². The van der Waals surface area contributed by atoms with E-state index < -0.39 is 9.84 Å². The normalized spacial score (nSPS) is 18.5. The fourth-order valence-electron chi connectivity index (χ4n) is 2.28. The third-order valence-electron chi connectivity index (χ3n) is 3.44. The second-order valence-electron chi connectivity index (χ2n) is 5.23. The lowest BCUT2D eigenvalue weighted by Crippen LogP contribution is -2.18. The first-order valence-electron chi connectivity index (χ1n) is 7.02. The van der Waals surface area contributed by atoms with E-state index in [1.165, 1.54) is 17.6 Å². The zero-order valence-corrected chi connectivity index (χ0v) is 13.8. The summed E-state index contributed by atoms with van der Waals surface area (Å²) in [5.74, 6) is 0. The topological polar surface area (TPSA) is 81.2 Å². The van der Waals surface area contributed by atoms with Crippen LogP contribution in [-0.2, 0) is 14.6 Å². The molecule has 3 rings (SSSR count). The number of nitrogens with one attached hydrogen (secondary N) is 1. The molecule has 1 aromatic carbocycles. The van der Waals surface area contributed by atoms with Crippen molar-refractivity contribution in [2.45, 2.75) is 23.8 Å². The Morgan fingerprint density at radius 1 is 1.41 bits per heavy atom. The first-order valence-corrected chi connectivity index (χ1v) is 9.72. The van der Waals surface area contributed by atoms with Crippen molar-refractivity contribution in [1.29, 1.82) is 0 Å². The van der Waals surface area contributed by atoms with E-state index in [0.29, 0.717) is 5.01 Å². The summed E-state index contributed by atoms with van der Waals surface area (Å²) in [6.45, 7) is 1.55. The van der Waals surface area contributed by atoms with Gasteiger partial charge in [-0.1, -0.05) is 23.5 Å². The van der Waals surface area contributed by atoms with E-state index in [0.717, 1.165) is 36.7 Å². The minimum atomic E-state index is -3.22. The van der Waals surface area contributed by atoms with Gasteiger partial charge < -0.3 is 10.1 Å². The molecule has 1 N–H and O–H groups in total. The molecule has 1 aliphatic heterocycles. The largest absolute Gasteiger partial charge is 0.376 e. The molecule has 6 nitrogen and oxygen atoms in total. The number of hydrogen-bond donors (Lipinski definition) is 1. The summed E-state index contributed by atoms with van der Waals surface area (Å²) in [5, 5.41) is 12.9. The highest BCUT2D eigenvalue weighted by Gasteiger charge is 2.16. The van der Waals surface area contributed by atoms with Crippen molar-refractivity contribution < 1.29 is 13.2 Å². The van der Waals surface area contributed by atoms with Crippen LogP contribution in [0, 0.1) is 0 Å². The molecule has 0 saturated carbocycles. The first-order chi connectivity index (χ1) is 10.5. The highest BCUT2D eigenvalue weighted by molar-refractivity contribution is 7.90. The summed E-state index contributed by atoms with van der Waals surface area (Å²) < 4.78 is 28.8. The van der Waals surface area contributed by atoms with Gasteiger partial charge in [0.25, 0.3) is 0 Å². The monoisotopic (exact) mass is 339 g/mol. The minimum Gasteiger partial charge on any atom is -0.376 e. The van der Waals surface area contributed by atoms with Gasteiger partial charge in [0.15, 0.2) is 9.84 Å². The first kappa shape index (κ1) is 15.4.